The molecule has 3 unspecified atom stereocenters. The molecule has 1 fully saturated rings. The van der Waals surface area contributed by atoms with E-state index >= 15 is 0 Å². The van der Waals surface area contributed by atoms with Crippen LogP contribution in [-0.4, -0.2) is 26.9 Å². The van der Waals surface area contributed by atoms with Gasteiger partial charge in [0, 0.05) is 5.92 Å². The van der Waals surface area contributed by atoms with E-state index in [-0.39, 0.29) is 5.38 Å². The Labute approximate surface area is 119 Å². The molecule has 0 radical (unpaired) electrons. The molecule has 19 heavy (non-hydrogen) atoms. The van der Waals surface area contributed by atoms with Crippen molar-refractivity contribution < 1.29 is 14.2 Å². The van der Waals surface area contributed by atoms with Gasteiger partial charge in [-0.3, -0.25) is 0 Å². The van der Waals surface area contributed by atoms with Crippen molar-refractivity contribution in [2.75, 3.05) is 20.8 Å². The van der Waals surface area contributed by atoms with Crippen molar-refractivity contribution in [3.05, 3.63) is 23.3 Å². The number of halogens is 1. The van der Waals surface area contributed by atoms with E-state index in [0.29, 0.717) is 12.0 Å². The Morgan fingerprint density at radius 1 is 1.26 bits per heavy atom. The molecule has 2 rings (SSSR count). The molecule has 0 aromatic heterocycles. The summed E-state index contributed by atoms with van der Waals surface area (Å²) in [5.74, 6) is 1.82. The molecule has 0 N–H and O–H groups in total. The highest BCUT2D eigenvalue weighted by Crippen LogP contribution is 2.41. The SMILES string of the molecule is COc1cc(C)c(C(Cl)C2COC(C)C2)cc1OC. The molecule has 1 heterocycles. The largest absolute Gasteiger partial charge is 0.493 e. The molecule has 1 aromatic carbocycles. The molecular formula is C15H21ClO3. The molecule has 106 valence electrons. The first-order valence-corrected chi connectivity index (χ1v) is 6.98. The maximum atomic E-state index is 6.63. The van der Waals surface area contributed by atoms with Crippen LogP contribution in [0.1, 0.15) is 29.8 Å². The molecule has 0 aliphatic carbocycles. The van der Waals surface area contributed by atoms with Gasteiger partial charge in [-0.05, 0) is 43.5 Å². The van der Waals surface area contributed by atoms with Gasteiger partial charge in [-0.1, -0.05) is 0 Å². The molecule has 0 bridgehead atoms. The Kier molecular flexibility index (Phi) is 4.58. The second-order valence-corrected chi connectivity index (χ2v) is 5.58. The van der Waals surface area contributed by atoms with Crippen LogP contribution >= 0.6 is 11.6 Å². The third-order valence-electron chi connectivity index (χ3n) is 3.71. The quantitative estimate of drug-likeness (QED) is 0.789. The minimum atomic E-state index is -0.0512. The average Bonchev–Trinajstić information content (AvgIpc) is 2.84. The zero-order valence-electron chi connectivity index (χ0n) is 11.9. The first kappa shape index (κ1) is 14.5. The topological polar surface area (TPSA) is 27.7 Å². The molecule has 4 heteroatoms. The Hall–Kier alpha value is -0.930. The Bertz CT molecular complexity index is 447. The minimum Gasteiger partial charge on any atom is -0.493 e. The Balaban J connectivity index is 2.28. The van der Waals surface area contributed by atoms with Crippen LogP contribution in [0.4, 0.5) is 0 Å². The summed E-state index contributed by atoms with van der Waals surface area (Å²) in [5, 5.41) is -0.0512. The third-order valence-corrected chi connectivity index (χ3v) is 4.30. The average molecular weight is 285 g/mol. The van der Waals surface area contributed by atoms with Crippen molar-refractivity contribution in [3.63, 3.8) is 0 Å². The van der Waals surface area contributed by atoms with E-state index < -0.39 is 0 Å². The Morgan fingerprint density at radius 2 is 1.89 bits per heavy atom. The van der Waals surface area contributed by atoms with Crippen LogP contribution in [0, 0.1) is 12.8 Å². The van der Waals surface area contributed by atoms with Crippen LogP contribution < -0.4 is 9.47 Å². The number of rotatable bonds is 4. The van der Waals surface area contributed by atoms with E-state index in [0.717, 1.165) is 35.7 Å². The van der Waals surface area contributed by atoms with Gasteiger partial charge in [-0.2, -0.15) is 0 Å². The highest BCUT2D eigenvalue weighted by atomic mass is 35.5. The minimum absolute atomic E-state index is 0.0512. The van der Waals surface area contributed by atoms with E-state index in [1.54, 1.807) is 14.2 Å². The van der Waals surface area contributed by atoms with Crippen LogP contribution in [0.2, 0.25) is 0 Å². The molecule has 0 spiro atoms. The first-order chi connectivity index (χ1) is 9.06. The lowest BCUT2D eigenvalue weighted by Crippen LogP contribution is -2.10. The van der Waals surface area contributed by atoms with Crippen LogP contribution in [0.5, 0.6) is 11.5 Å². The predicted molar refractivity (Wildman–Crippen MR) is 76.4 cm³/mol. The van der Waals surface area contributed by atoms with Gasteiger partial charge in [-0.15, -0.1) is 11.6 Å². The fraction of sp³-hybridized carbons (Fsp3) is 0.600. The second-order valence-electron chi connectivity index (χ2n) is 5.11. The lowest BCUT2D eigenvalue weighted by atomic mass is 9.93. The molecular weight excluding hydrogens is 264 g/mol. The standard InChI is InChI=1S/C15H21ClO3/c1-9-5-13(17-3)14(18-4)7-12(9)15(16)11-6-10(2)19-8-11/h5,7,10-11,15H,6,8H2,1-4H3. The molecule has 1 saturated heterocycles. The van der Waals surface area contributed by atoms with Crippen molar-refractivity contribution in [3.8, 4) is 11.5 Å². The number of alkyl halides is 1. The number of benzene rings is 1. The second kappa shape index (κ2) is 6.02. The molecule has 3 nitrogen and oxygen atoms in total. The van der Waals surface area contributed by atoms with Gasteiger partial charge >= 0.3 is 0 Å². The number of aryl methyl sites for hydroxylation is 1. The van der Waals surface area contributed by atoms with Crippen molar-refractivity contribution in [2.24, 2.45) is 5.92 Å². The summed E-state index contributed by atoms with van der Waals surface area (Å²) >= 11 is 6.63. The van der Waals surface area contributed by atoms with Gasteiger partial charge < -0.3 is 14.2 Å². The van der Waals surface area contributed by atoms with Crippen molar-refractivity contribution in [1.29, 1.82) is 0 Å². The van der Waals surface area contributed by atoms with E-state index in [9.17, 15) is 0 Å². The lowest BCUT2D eigenvalue weighted by molar-refractivity contribution is 0.120. The summed E-state index contributed by atoms with van der Waals surface area (Å²) in [6.07, 6.45) is 1.30. The third kappa shape index (κ3) is 2.98. The van der Waals surface area contributed by atoms with Crippen molar-refractivity contribution in [2.45, 2.75) is 31.7 Å². The number of hydrogen-bond acceptors (Lipinski definition) is 3. The zero-order chi connectivity index (χ0) is 14.0. The maximum Gasteiger partial charge on any atom is 0.161 e. The van der Waals surface area contributed by atoms with Crippen molar-refractivity contribution in [1.82, 2.24) is 0 Å². The molecule has 0 amide bonds. The summed E-state index contributed by atoms with van der Waals surface area (Å²) in [5.41, 5.74) is 2.22. The van der Waals surface area contributed by atoms with E-state index in [2.05, 4.69) is 6.92 Å². The molecule has 3 atom stereocenters. The van der Waals surface area contributed by atoms with Gasteiger partial charge in [-0.25, -0.2) is 0 Å². The fourth-order valence-corrected chi connectivity index (χ4v) is 3.01. The zero-order valence-corrected chi connectivity index (χ0v) is 12.7. The van der Waals surface area contributed by atoms with Gasteiger partial charge in [0.25, 0.3) is 0 Å². The van der Waals surface area contributed by atoms with Crippen LogP contribution in [0.25, 0.3) is 0 Å². The summed E-state index contributed by atoms with van der Waals surface area (Å²) in [6, 6.07) is 3.96. The molecule has 1 aliphatic rings. The van der Waals surface area contributed by atoms with Gasteiger partial charge in [0.1, 0.15) is 0 Å². The van der Waals surface area contributed by atoms with Gasteiger partial charge in [0.2, 0.25) is 0 Å². The molecule has 0 saturated carbocycles. The van der Waals surface area contributed by atoms with E-state index in [1.807, 2.05) is 19.1 Å². The van der Waals surface area contributed by atoms with E-state index in [4.69, 9.17) is 25.8 Å². The van der Waals surface area contributed by atoms with E-state index in [1.165, 1.54) is 0 Å². The maximum absolute atomic E-state index is 6.63. The summed E-state index contributed by atoms with van der Waals surface area (Å²) < 4.78 is 16.3. The van der Waals surface area contributed by atoms with Crippen LogP contribution in [0.3, 0.4) is 0 Å². The van der Waals surface area contributed by atoms with Gasteiger partial charge in [0.05, 0.1) is 32.3 Å². The molecule has 1 aromatic rings. The normalized spacial score (nSPS) is 24.3. The predicted octanol–water partition coefficient (Wildman–Crippen LogP) is 3.72. The smallest absolute Gasteiger partial charge is 0.161 e. The number of hydrogen-bond donors (Lipinski definition) is 0. The monoisotopic (exact) mass is 284 g/mol. The summed E-state index contributed by atoms with van der Waals surface area (Å²) in [7, 11) is 3.28. The van der Waals surface area contributed by atoms with Crippen molar-refractivity contribution >= 4 is 11.6 Å². The van der Waals surface area contributed by atoms with Gasteiger partial charge in [0.15, 0.2) is 11.5 Å². The van der Waals surface area contributed by atoms with Crippen LogP contribution in [0.15, 0.2) is 12.1 Å². The number of ether oxygens (including phenoxy) is 3. The first-order valence-electron chi connectivity index (χ1n) is 6.55. The summed E-state index contributed by atoms with van der Waals surface area (Å²) in [4.78, 5) is 0. The highest BCUT2D eigenvalue weighted by Gasteiger charge is 2.30. The Morgan fingerprint density at radius 3 is 2.42 bits per heavy atom. The number of methoxy groups -OCH3 is 2. The molecule has 1 aliphatic heterocycles. The summed E-state index contributed by atoms with van der Waals surface area (Å²) in [6.45, 7) is 4.86. The van der Waals surface area contributed by atoms with Crippen LogP contribution in [-0.2, 0) is 4.74 Å². The highest BCUT2D eigenvalue weighted by molar-refractivity contribution is 6.21. The lowest BCUT2D eigenvalue weighted by Gasteiger charge is -2.20. The fourth-order valence-electron chi connectivity index (χ4n) is 2.60.